The molecule has 0 aromatic carbocycles. The number of urea groups is 1. The zero-order valence-corrected chi connectivity index (χ0v) is 11.2. The van der Waals surface area contributed by atoms with E-state index in [1.165, 1.54) is 11.3 Å². The number of imide groups is 2. The van der Waals surface area contributed by atoms with Crippen molar-refractivity contribution < 1.29 is 14.4 Å². The topological polar surface area (TPSA) is 79.4 Å². The van der Waals surface area contributed by atoms with Crippen molar-refractivity contribution >= 4 is 29.2 Å². The van der Waals surface area contributed by atoms with Gasteiger partial charge in [0.25, 0.3) is 0 Å². The van der Waals surface area contributed by atoms with Crippen LogP contribution < -0.4 is 5.32 Å². The van der Waals surface area contributed by atoms with Gasteiger partial charge in [0.1, 0.15) is 5.41 Å². The van der Waals surface area contributed by atoms with Gasteiger partial charge >= 0.3 is 6.03 Å². The number of rotatable bonds is 3. The first-order chi connectivity index (χ1) is 9.03. The molecule has 1 aromatic heterocycles. The van der Waals surface area contributed by atoms with E-state index >= 15 is 0 Å². The lowest BCUT2D eigenvalue weighted by Crippen LogP contribution is -2.59. The van der Waals surface area contributed by atoms with Crippen molar-refractivity contribution in [1.29, 1.82) is 0 Å². The van der Waals surface area contributed by atoms with Crippen molar-refractivity contribution in [2.75, 3.05) is 6.54 Å². The molecule has 6 nitrogen and oxygen atoms in total. The Morgan fingerprint density at radius 1 is 1.42 bits per heavy atom. The van der Waals surface area contributed by atoms with Gasteiger partial charge in [-0.2, -0.15) is 0 Å². The molecule has 1 aromatic rings. The molecule has 0 atom stereocenters. The van der Waals surface area contributed by atoms with Crippen LogP contribution in [-0.4, -0.2) is 34.3 Å². The summed E-state index contributed by atoms with van der Waals surface area (Å²) < 4.78 is 0. The SMILES string of the molecule is Cc1csc(CCN2C(=O)NC(=O)C3(CC3)C2=O)n1. The average Bonchev–Trinajstić information content (AvgIpc) is 3.06. The van der Waals surface area contributed by atoms with E-state index in [4.69, 9.17) is 0 Å². The highest BCUT2D eigenvalue weighted by atomic mass is 32.1. The average molecular weight is 279 g/mol. The van der Waals surface area contributed by atoms with E-state index < -0.39 is 17.4 Å². The molecule has 1 saturated heterocycles. The number of nitrogens with zero attached hydrogens (tertiary/aromatic N) is 2. The summed E-state index contributed by atoms with van der Waals surface area (Å²) in [6, 6.07) is -0.610. The lowest BCUT2D eigenvalue weighted by molar-refractivity contribution is -0.144. The quantitative estimate of drug-likeness (QED) is 0.832. The molecule has 2 aliphatic rings. The van der Waals surface area contributed by atoms with Crippen molar-refractivity contribution in [3.05, 3.63) is 16.1 Å². The Balaban J connectivity index is 1.71. The number of hydrogen-bond acceptors (Lipinski definition) is 5. The van der Waals surface area contributed by atoms with Crippen LogP contribution in [0.2, 0.25) is 0 Å². The molecule has 1 aliphatic carbocycles. The van der Waals surface area contributed by atoms with Gasteiger partial charge in [0.05, 0.1) is 5.01 Å². The Morgan fingerprint density at radius 2 is 2.16 bits per heavy atom. The number of aryl methyl sites for hydroxylation is 1. The molecule has 1 saturated carbocycles. The van der Waals surface area contributed by atoms with Crippen molar-refractivity contribution in [3.63, 3.8) is 0 Å². The summed E-state index contributed by atoms with van der Waals surface area (Å²) in [7, 11) is 0. The number of hydrogen-bond donors (Lipinski definition) is 1. The minimum absolute atomic E-state index is 0.270. The molecule has 1 aliphatic heterocycles. The van der Waals surface area contributed by atoms with Crippen molar-refractivity contribution in [3.8, 4) is 0 Å². The van der Waals surface area contributed by atoms with E-state index in [1.54, 1.807) is 0 Å². The third-order valence-corrected chi connectivity index (χ3v) is 4.55. The number of barbiturate groups is 1. The van der Waals surface area contributed by atoms with Crippen LogP contribution in [0, 0.1) is 12.3 Å². The molecule has 7 heteroatoms. The Bertz CT molecular complexity index is 577. The molecular formula is C12H13N3O3S. The second kappa shape index (κ2) is 4.12. The fraction of sp³-hybridized carbons (Fsp3) is 0.500. The van der Waals surface area contributed by atoms with Crippen LogP contribution in [-0.2, 0) is 16.0 Å². The van der Waals surface area contributed by atoms with E-state index in [-0.39, 0.29) is 12.5 Å². The number of nitrogens with one attached hydrogen (secondary N) is 1. The summed E-state index contributed by atoms with van der Waals surface area (Å²) >= 11 is 1.51. The molecule has 100 valence electrons. The summed E-state index contributed by atoms with van der Waals surface area (Å²) in [6.45, 7) is 2.17. The van der Waals surface area contributed by atoms with E-state index in [0.717, 1.165) is 15.6 Å². The second-order valence-electron chi connectivity index (χ2n) is 4.93. The smallest absolute Gasteiger partial charge is 0.277 e. The first kappa shape index (κ1) is 12.3. The van der Waals surface area contributed by atoms with Gasteiger partial charge in [0.15, 0.2) is 0 Å². The van der Waals surface area contributed by atoms with E-state index in [0.29, 0.717) is 19.3 Å². The first-order valence-electron chi connectivity index (χ1n) is 6.11. The summed E-state index contributed by atoms with van der Waals surface area (Å²) in [5.74, 6) is -0.793. The van der Waals surface area contributed by atoms with Crippen LogP contribution in [0.3, 0.4) is 0 Å². The van der Waals surface area contributed by atoms with Gasteiger partial charge in [-0.3, -0.25) is 19.8 Å². The van der Waals surface area contributed by atoms with Gasteiger partial charge in [0.2, 0.25) is 11.8 Å². The second-order valence-corrected chi connectivity index (χ2v) is 5.87. The van der Waals surface area contributed by atoms with Gasteiger partial charge in [-0.05, 0) is 19.8 Å². The van der Waals surface area contributed by atoms with Crippen molar-refractivity contribution in [2.24, 2.45) is 5.41 Å². The van der Waals surface area contributed by atoms with Crippen LogP contribution >= 0.6 is 11.3 Å². The zero-order chi connectivity index (χ0) is 13.6. The Hall–Kier alpha value is -1.76. The molecule has 3 rings (SSSR count). The third-order valence-electron chi connectivity index (χ3n) is 3.52. The predicted molar refractivity (Wildman–Crippen MR) is 67.5 cm³/mol. The van der Waals surface area contributed by atoms with Crippen molar-refractivity contribution in [1.82, 2.24) is 15.2 Å². The number of carbonyl (C=O) groups excluding carboxylic acids is 3. The fourth-order valence-electron chi connectivity index (χ4n) is 2.23. The highest BCUT2D eigenvalue weighted by Crippen LogP contribution is 2.48. The van der Waals surface area contributed by atoms with Crippen LogP contribution in [0.4, 0.5) is 4.79 Å². The molecule has 0 unspecified atom stereocenters. The van der Waals surface area contributed by atoms with Crippen LogP contribution in [0.25, 0.3) is 0 Å². The lowest BCUT2D eigenvalue weighted by Gasteiger charge is -2.29. The molecule has 0 radical (unpaired) electrons. The number of amides is 4. The van der Waals surface area contributed by atoms with E-state index in [9.17, 15) is 14.4 Å². The highest BCUT2D eigenvalue weighted by molar-refractivity contribution is 7.09. The minimum atomic E-state index is -0.952. The largest absolute Gasteiger partial charge is 0.330 e. The Labute approximate surface area is 113 Å². The molecule has 2 heterocycles. The van der Waals surface area contributed by atoms with E-state index in [1.807, 2.05) is 12.3 Å². The summed E-state index contributed by atoms with van der Waals surface area (Å²) in [5, 5.41) is 5.08. The van der Waals surface area contributed by atoms with Crippen LogP contribution in [0.5, 0.6) is 0 Å². The molecular weight excluding hydrogens is 266 g/mol. The Kier molecular flexibility index (Phi) is 2.67. The number of thiazole rings is 1. The summed E-state index contributed by atoms with van der Waals surface area (Å²) in [4.78, 5) is 41.0. The van der Waals surface area contributed by atoms with Crippen LogP contribution in [0.1, 0.15) is 23.5 Å². The number of aromatic nitrogens is 1. The first-order valence-corrected chi connectivity index (χ1v) is 6.99. The summed E-state index contributed by atoms with van der Waals surface area (Å²) in [5.41, 5.74) is -0.0181. The predicted octanol–water partition coefficient (Wildman–Crippen LogP) is 0.853. The van der Waals surface area contributed by atoms with Gasteiger partial charge in [-0.15, -0.1) is 11.3 Å². The van der Waals surface area contributed by atoms with Gasteiger partial charge < -0.3 is 0 Å². The van der Waals surface area contributed by atoms with Gasteiger partial charge in [-0.1, -0.05) is 0 Å². The summed E-state index contributed by atoms with van der Waals surface area (Å²) in [6.07, 6.45) is 1.61. The molecule has 1 spiro atoms. The van der Waals surface area contributed by atoms with E-state index in [2.05, 4.69) is 10.3 Å². The minimum Gasteiger partial charge on any atom is -0.277 e. The standard InChI is InChI=1S/C12H13N3O3S/c1-7-6-19-8(13-7)2-5-15-10(17)12(3-4-12)9(16)14-11(15)18/h6H,2-5H2,1H3,(H,14,16,18). The molecule has 1 N–H and O–H groups in total. The fourth-order valence-corrected chi connectivity index (χ4v) is 2.99. The highest BCUT2D eigenvalue weighted by Gasteiger charge is 2.62. The van der Waals surface area contributed by atoms with Crippen molar-refractivity contribution in [2.45, 2.75) is 26.2 Å². The Morgan fingerprint density at radius 3 is 2.74 bits per heavy atom. The van der Waals surface area contributed by atoms with Gasteiger partial charge in [0, 0.05) is 24.0 Å². The van der Waals surface area contributed by atoms with Gasteiger partial charge in [-0.25, -0.2) is 9.78 Å². The third kappa shape index (κ3) is 1.94. The lowest BCUT2D eigenvalue weighted by atomic mass is 10.0. The normalized spacial score (nSPS) is 20.9. The molecule has 2 fully saturated rings. The zero-order valence-electron chi connectivity index (χ0n) is 10.4. The van der Waals surface area contributed by atoms with Crippen LogP contribution in [0.15, 0.2) is 5.38 Å². The molecule has 0 bridgehead atoms. The maximum atomic E-state index is 12.2. The number of carbonyl (C=O) groups is 3. The maximum absolute atomic E-state index is 12.2. The molecule has 19 heavy (non-hydrogen) atoms. The molecule has 4 amide bonds. The monoisotopic (exact) mass is 279 g/mol. The maximum Gasteiger partial charge on any atom is 0.330 e.